The lowest BCUT2D eigenvalue weighted by Crippen LogP contribution is -2.29. The van der Waals surface area contributed by atoms with Gasteiger partial charge in [0.1, 0.15) is 5.02 Å². The molecule has 2 aliphatic rings. The van der Waals surface area contributed by atoms with Crippen LogP contribution in [0.5, 0.6) is 0 Å². The fourth-order valence-electron chi connectivity index (χ4n) is 4.33. The fraction of sp³-hybridized carbons (Fsp3) is 0.300. The molecule has 0 bridgehead atoms. The van der Waals surface area contributed by atoms with E-state index in [1.165, 1.54) is 16.7 Å². The molecule has 0 radical (unpaired) electrons. The van der Waals surface area contributed by atoms with Crippen molar-refractivity contribution in [1.29, 1.82) is 0 Å². The van der Waals surface area contributed by atoms with Crippen molar-refractivity contribution in [3.63, 3.8) is 0 Å². The summed E-state index contributed by atoms with van der Waals surface area (Å²) >= 11 is 5.99. The minimum Gasteiger partial charge on any atom is -0.378 e. The van der Waals surface area contributed by atoms with Gasteiger partial charge in [0.05, 0.1) is 11.0 Å². The molecule has 3 atom stereocenters. The molecule has 0 amide bonds. The molecule has 0 aromatic heterocycles. The first-order chi connectivity index (χ1) is 12.0. The molecule has 4 rings (SSSR count). The lowest BCUT2D eigenvalue weighted by atomic mass is 9.75. The smallest absolute Gasteiger partial charge is 0.288 e. The number of aryl methyl sites for hydroxylation is 2. The molecule has 0 fully saturated rings. The molecule has 0 spiro atoms. The minimum absolute atomic E-state index is 0.0321. The third-order valence-corrected chi connectivity index (χ3v) is 5.66. The molecule has 1 heterocycles. The average Bonchev–Trinajstić information content (AvgIpc) is 3.03. The summed E-state index contributed by atoms with van der Waals surface area (Å²) in [5.41, 5.74) is 5.88. The standard InChI is InChI=1S/C20H19ClN2O2/c1-11-8-12(2)19-14-4-3-5-15(14)20(22-17(19)9-11)13-6-7-16(21)18(10-13)23(24)25/h3-4,6-10,14-15,20,22H,5H2,1-2H3/t14-,15+,20-/m1/s1. The maximum absolute atomic E-state index is 11.3. The van der Waals surface area contributed by atoms with Crippen LogP contribution in [0.1, 0.15) is 40.6 Å². The SMILES string of the molecule is Cc1cc(C)c2c(c1)N[C@H](c1ccc(Cl)c([N+](=O)[O-])c1)[C@H]1CC=C[C@@H]21. The van der Waals surface area contributed by atoms with Crippen LogP contribution in [0.3, 0.4) is 0 Å². The van der Waals surface area contributed by atoms with E-state index in [9.17, 15) is 10.1 Å². The highest BCUT2D eigenvalue weighted by Crippen LogP contribution is 2.51. The van der Waals surface area contributed by atoms with Gasteiger partial charge in [-0.25, -0.2) is 0 Å². The van der Waals surface area contributed by atoms with Crippen LogP contribution in [0, 0.1) is 29.9 Å². The number of allylic oxidation sites excluding steroid dienone is 2. The summed E-state index contributed by atoms with van der Waals surface area (Å²) in [5, 5.41) is 15.1. The van der Waals surface area contributed by atoms with Crippen LogP contribution in [-0.2, 0) is 0 Å². The van der Waals surface area contributed by atoms with Gasteiger partial charge in [0.15, 0.2) is 0 Å². The normalized spacial score (nSPS) is 23.7. The van der Waals surface area contributed by atoms with E-state index >= 15 is 0 Å². The number of nitro groups is 1. The number of nitrogens with zero attached hydrogens (tertiary/aromatic N) is 1. The summed E-state index contributed by atoms with van der Waals surface area (Å²) in [6, 6.07) is 9.56. The van der Waals surface area contributed by atoms with Gasteiger partial charge in [0.25, 0.3) is 5.69 Å². The van der Waals surface area contributed by atoms with Gasteiger partial charge in [-0.2, -0.15) is 0 Å². The maximum atomic E-state index is 11.3. The van der Waals surface area contributed by atoms with Crippen molar-refractivity contribution in [3.05, 3.63) is 79.9 Å². The number of fused-ring (bicyclic) bond motifs is 3. The first-order valence-corrected chi connectivity index (χ1v) is 8.81. The zero-order chi connectivity index (χ0) is 17.7. The van der Waals surface area contributed by atoms with Crippen molar-refractivity contribution in [2.24, 2.45) is 5.92 Å². The van der Waals surface area contributed by atoms with Gasteiger partial charge >= 0.3 is 0 Å². The Morgan fingerprint density at radius 1 is 1.24 bits per heavy atom. The Bertz CT molecular complexity index is 907. The monoisotopic (exact) mass is 354 g/mol. The van der Waals surface area contributed by atoms with E-state index in [0.29, 0.717) is 11.8 Å². The van der Waals surface area contributed by atoms with Gasteiger partial charge in [0, 0.05) is 17.7 Å². The molecule has 2 aromatic carbocycles. The summed E-state index contributed by atoms with van der Waals surface area (Å²) in [5.74, 6) is 0.700. The third-order valence-electron chi connectivity index (χ3n) is 5.34. The quantitative estimate of drug-likeness (QED) is 0.428. The number of halogens is 1. The van der Waals surface area contributed by atoms with Crippen LogP contribution in [0.4, 0.5) is 11.4 Å². The molecule has 1 N–H and O–H groups in total. The van der Waals surface area contributed by atoms with Gasteiger partial charge in [-0.15, -0.1) is 0 Å². The molecule has 4 nitrogen and oxygen atoms in total. The van der Waals surface area contributed by atoms with Crippen molar-refractivity contribution in [1.82, 2.24) is 0 Å². The molecule has 5 heteroatoms. The zero-order valence-electron chi connectivity index (χ0n) is 14.1. The molecule has 0 saturated heterocycles. The Balaban J connectivity index is 1.82. The fourth-order valence-corrected chi connectivity index (χ4v) is 4.52. The number of anilines is 1. The second-order valence-corrected chi connectivity index (χ2v) is 7.39. The minimum atomic E-state index is -0.415. The van der Waals surface area contributed by atoms with E-state index in [0.717, 1.165) is 17.7 Å². The third kappa shape index (κ3) is 2.61. The van der Waals surface area contributed by atoms with E-state index in [1.807, 2.05) is 6.07 Å². The molecule has 128 valence electrons. The Kier molecular flexibility index (Phi) is 3.80. The number of rotatable bonds is 2. The van der Waals surface area contributed by atoms with Gasteiger partial charge in [-0.1, -0.05) is 35.9 Å². The Morgan fingerprint density at radius 2 is 2.04 bits per heavy atom. The van der Waals surface area contributed by atoms with Gasteiger partial charge in [-0.05, 0) is 60.6 Å². The average molecular weight is 355 g/mol. The molecule has 1 aliphatic carbocycles. The summed E-state index contributed by atoms with van der Waals surface area (Å²) in [4.78, 5) is 10.8. The van der Waals surface area contributed by atoms with Crippen LogP contribution in [-0.4, -0.2) is 4.92 Å². The summed E-state index contributed by atoms with van der Waals surface area (Å²) < 4.78 is 0. The largest absolute Gasteiger partial charge is 0.378 e. The summed E-state index contributed by atoms with van der Waals surface area (Å²) in [6.07, 6.45) is 5.47. The number of nitrogens with one attached hydrogen (secondary N) is 1. The molecule has 0 saturated carbocycles. The Hall–Kier alpha value is -2.33. The van der Waals surface area contributed by atoms with E-state index in [1.54, 1.807) is 12.1 Å². The van der Waals surface area contributed by atoms with E-state index in [-0.39, 0.29) is 16.8 Å². The van der Waals surface area contributed by atoms with E-state index in [2.05, 4.69) is 43.4 Å². The summed E-state index contributed by atoms with van der Waals surface area (Å²) in [7, 11) is 0. The van der Waals surface area contributed by atoms with Gasteiger partial charge < -0.3 is 5.32 Å². The second kappa shape index (κ2) is 5.88. The van der Waals surface area contributed by atoms with Crippen LogP contribution in [0.25, 0.3) is 0 Å². The summed E-state index contributed by atoms with van der Waals surface area (Å²) in [6.45, 7) is 4.25. The van der Waals surface area contributed by atoms with Crippen LogP contribution >= 0.6 is 11.6 Å². The van der Waals surface area contributed by atoms with Crippen LogP contribution in [0.15, 0.2) is 42.5 Å². The second-order valence-electron chi connectivity index (χ2n) is 6.99. The maximum Gasteiger partial charge on any atom is 0.288 e. The molecular formula is C20H19ClN2O2. The van der Waals surface area contributed by atoms with E-state index in [4.69, 9.17) is 11.6 Å². The lowest BCUT2D eigenvalue weighted by molar-refractivity contribution is -0.384. The lowest BCUT2D eigenvalue weighted by Gasteiger charge is -2.38. The highest BCUT2D eigenvalue weighted by Gasteiger charge is 2.39. The molecular weight excluding hydrogens is 336 g/mol. The van der Waals surface area contributed by atoms with Gasteiger partial charge in [-0.3, -0.25) is 10.1 Å². The van der Waals surface area contributed by atoms with Crippen molar-refractivity contribution >= 4 is 23.0 Å². The Labute approximate surface area is 151 Å². The predicted octanol–water partition coefficient (Wildman–Crippen LogP) is 5.69. The van der Waals surface area contributed by atoms with Crippen molar-refractivity contribution < 1.29 is 4.92 Å². The van der Waals surface area contributed by atoms with Crippen molar-refractivity contribution in [2.75, 3.05) is 5.32 Å². The molecule has 1 aliphatic heterocycles. The number of hydrogen-bond acceptors (Lipinski definition) is 3. The number of benzene rings is 2. The van der Waals surface area contributed by atoms with Crippen LogP contribution in [0.2, 0.25) is 5.02 Å². The number of hydrogen-bond donors (Lipinski definition) is 1. The molecule has 2 aromatic rings. The van der Waals surface area contributed by atoms with Crippen LogP contribution < -0.4 is 5.32 Å². The first kappa shape index (κ1) is 16.2. The molecule has 25 heavy (non-hydrogen) atoms. The van der Waals surface area contributed by atoms with Gasteiger partial charge in [0.2, 0.25) is 0 Å². The van der Waals surface area contributed by atoms with Crippen molar-refractivity contribution in [2.45, 2.75) is 32.2 Å². The highest BCUT2D eigenvalue weighted by molar-refractivity contribution is 6.32. The molecule has 0 unspecified atom stereocenters. The van der Waals surface area contributed by atoms with E-state index < -0.39 is 4.92 Å². The zero-order valence-corrected chi connectivity index (χ0v) is 14.9. The Morgan fingerprint density at radius 3 is 2.80 bits per heavy atom. The topological polar surface area (TPSA) is 55.2 Å². The highest BCUT2D eigenvalue weighted by atomic mass is 35.5. The van der Waals surface area contributed by atoms with Crippen molar-refractivity contribution in [3.8, 4) is 0 Å². The predicted molar refractivity (Wildman–Crippen MR) is 100 cm³/mol. The number of nitro benzene ring substituents is 1. The first-order valence-electron chi connectivity index (χ1n) is 8.44.